The molecule has 0 fully saturated rings. The Kier molecular flexibility index (Phi) is 11.1. The van der Waals surface area contributed by atoms with E-state index < -0.39 is 12.0 Å². The minimum Gasteiger partial charge on any atom is -0.480 e. The van der Waals surface area contributed by atoms with Crippen LogP contribution in [0, 0.1) is 0 Å². The molecule has 1 atom stereocenters. The van der Waals surface area contributed by atoms with Crippen molar-refractivity contribution in [1.82, 2.24) is 0 Å². The van der Waals surface area contributed by atoms with Gasteiger partial charge in [0.25, 0.3) is 0 Å². The first-order valence-corrected chi connectivity index (χ1v) is 6.48. The summed E-state index contributed by atoms with van der Waals surface area (Å²) in [5.41, 5.74) is 7.75. The Hall–Kier alpha value is -0.620. The minimum atomic E-state index is -0.944. The molecule has 0 unspecified atom stereocenters. The number of thioether (sulfide) groups is 1. The molecule has 0 aliphatic carbocycles. The average Bonchev–Trinajstić information content (AvgIpc) is 2.29. The van der Waals surface area contributed by atoms with Crippen molar-refractivity contribution in [3.8, 4) is 0 Å². The van der Waals surface area contributed by atoms with Crippen molar-refractivity contribution in [2.45, 2.75) is 11.8 Å². The second-order valence-corrected chi connectivity index (χ2v) is 5.05. The van der Waals surface area contributed by atoms with Gasteiger partial charge in [0.1, 0.15) is 6.04 Å². The highest BCUT2D eigenvalue weighted by molar-refractivity contribution is 7.98. The van der Waals surface area contributed by atoms with Gasteiger partial charge in [-0.3, -0.25) is 4.79 Å². The van der Waals surface area contributed by atoms with Crippen molar-refractivity contribution in [2.24, 2.45) is 5.73 Å². The second kappa shape index (κ2) is 10.2. The summed E-state index contributed by atoms with van der Waals surface area (Å²) in [7, 11) is 3.99. The summed E-state index contributed by atoms with van der Waals surface area (Å²) in [6.45, 7) is 0. The molecule has 1 aromatic carbocycles. The molecule has 0 saturated carbocycles. The molecule has 1 rings (SSSR count). The summed E-state index contributed by atoms with van der Waals surface area (Å²) >= 11 is 1.54. The SMILES string of the molecule is CN(C)c1ccc(CSC[C@H](N)C(=O)O)cc1.Cl.Cl. The lowest BCUT2D eigenvalue weighted by atomic mass is 10.2. The predicted molar refractivity (Wildman–Crippen MR) is 87.0 cm³/mol. The zero-order valence-corrected chi connectivity index (χ0v) is 13.4. The molecule has 0 heterocycles. The molecule has 0 aliphatic rings. The van der Waals surface area contributed by atoms with E-state index in [4.69, 9.17) is 10.8 Å². The van der Waals surface area contributed by atoms with E-state index in [0.29, 0.717) is 5.75 Å². The van der Waals surface area contributed by atoms with Gasteiger partial charge in [0.05, 0.1) is 0 Å². The van der Waals surface area contributed by atoms with E-state index in [2.05, 4.69) is 12.1 Å². The minimum absolute atomic E-state index is 0. The number of halogens is 2. The molecule has 0 bridgehead atoms. The standard InChI is InChI=1S/C12H18N2O2S.2ClH/c1-14(2)10-5-3-9(4-6-10)7-17-8-11(13)12(15)16;;/h3-6,11H,7-8,13H2,1-2H3,(H,15,16);2*1H/t11-;;/m0../s1. The number of hydrogen-bond donors (Lipinski definition) is 2. The van der Waals surface area contributed by atoms with Crippen LogP contribution < -0.4 is 10.6 Å². The van der Waals surface area contributed by atoms with Crippen LogP contribution in [0.3, 0.4) is 0 Å². The number of nitrogens with two attached hydrogens (primary N) is 1. The maximum Gasteiger partial charge on any atom is 0.321 e. The Labute approximate surface area is 130 Å². The van der Waals surface area contributed by atoms with Gasteiger partial charge in [-0.2, -0.15) is 11.8 Å². The number of benzene rings is 1. The van der Waals surface area contributed by atoms with Crippen molar-refractivity contribution in [2.75, 3.05) is 24.7 Å². The topological polar surface area (TPSA) is 66.6 Å². The van der Waals surface area contributed by atoms with Gasteiger partial charge < -0.3 is 15.7 Å². The molecule has 7 heteroatoms. The van der Waals surface area contributed by atoms with Crippen molar-refractivity contribution < 1.29 is 9.90 Å². The van der Waals surface area contributed by atoms with Crippen LogP contribution in [0.4, 0.5) is 5.69 Å². The predicted octanol–water partition coefficient (Wildman–Crippen LogP) is 2.24. The molecule has 0 saturated heterocycles. The van der Waals surface area contributed by atoms with E-state index in [1.165, 1.54) is 17.3 Å². The zero-order valence-electron chi connectivity index (χ0n) is 10.9. The van der Waals surface area contributed by atoms with Crippen LogP contribution >= 0.6 is 36.6 Å². The van der Waals surface area contributed by atoms with E-state index in [1.807, 2.05) is 31.1 Å². The van der Waals surface area contributed by atoms with Crippen LogP contribution in [0.25, 0.3) is 0 Å². The third-order valence-corrected chi connectivity index (χ3v) is 3.47. The molecule has 0 spiro atoms. The normalized spacial score (nSPS) is 10.9. The van der Waals surface area contributed by atoms with Crippen LogP contribution in [-0.2, 0) is 10.5 Å². The summed E-state index contributed by atoms with van der Waals surface area (Å²) in [6.07, 6.45) is 0. The van der Waals surface area contributed by atoms with Crippen molar-refractivity contribution in [3.63, 3.8) is 0 Å². The summed E-state index contributed by atoms with van der Waals surface area (Å²) in [5.74, 6) is 0.278. The lowest BCUT2D eigenvalue weighted by molar-refractivity contribution is -0.137. The van der Waals surface area contributed by atoms with Gasteiger partial charge in [0.2, 0.25) is 0 Å². The summed E-state index contributed by atoms with van der Waals surface area (Å²) in [4.78, 5) is 12.6. The lowest BCUT2D eigenvalue weighted by Gasteiger charge is -2.12. The molecular formula is C12H20Cl2N2O2S. The molecule has 19 heavy (non-hydrogen) atoms. The molecule has 0 radical (unpaired) electrons. The number of carboxylic acid groups (broad SMARTS) is 1. The third kappa shape index (κ3) is 7.52. The largest absolute Gasteiger partial charge is 0.480 e. The summed E-state index contributed by atoms with van der Waals surface area (Å²) in [6, 6.07) is 7.42. The van der Waals surface area contributed by atoms with Gasteiger partial charge in [-0.05, 0) is 17.7 Å². The summed E-state index contributed by atoms with van der Waals surface area (Å²) < 4.78 is 0. The van der Waals surface area contributed by atoms with Crippen molar-refractivity contribution in [3.05, 3.63) is 29.8 Å². The second-order valence-electron chi connectivity index (χ2n) is 4.02. The molecular weight excluding hydrogens is 307 g/mol. The molecule has 110 valence electrons. The Morgan fingerprint density at radius 1 is 1.32 bits per heavy atom. The Morgan fingerprint density at radius 2 is 1.84 bits per heavy atom. The monoisotopic (exact) mass is 326 g/mol. The van der Waals surface area contributed by atoms with Crippen molar-refractivity contribution >= 4 is 48.2 Å². The number of carboxylic acids is 1. The summed E-state index contributed by atoms with van der Waals surface area (Å²) in [5, 5.41) is 8.63. The van der Waals surface area contributed by atoms with Gasteiger partial charge in [-0.1, -0.05) is 12.1 Å². The first kappa shape index (κ1) is 20.7. The van der Waals surface area contributed by atoms with E-state index in [-0.39, 0.29) is 24.8 Å². The van der Waals surface area contributed by atoms with Crippen molar-refractivity contribution in [1.29, 1.82) is 0 Å². The highest BCUT2D eigenvalue weighted by atomic mass is 35.5. The number of nitrogens with zero attached hydrogens (tertiary/aromatic N) is 1. The molecule has 0 aliphatic heterocycles. The van der Waals surface area contributed by atoms with E-state index in [0.717, 1.165) is 11.4 Å². The number of rotatable bonds is 6. The fourth-order valence-corrected chi connectivity index (χ4v) is 2.21. The van der Waals surface area contributed by atoms with Gasteiger partial charge in [-0.15, -0.1) is 24.8 Å². The first-order chi connectivity index (χ1) is 8.00. The zero-order chi connectivity index (χ0) is 12.8. The van der Waals surface area contributed by atoms with Gasteiger partial charge in [-0.25, -0.2) is 0 Å². The maximum absolute atomic E-state index is 10.5. The van der Waals surface area contributed by atoms with Gasteiger partial charge >= 0.3 is 5.97 Å². The highest BCUT2D eigenvalue weighted by Crippen LogP contribution is 2.17. The van der Waals surface area contributed by atoms with Crippen LogP contribution in [0.15, 0.2) is 24.3 Å². The number of carbonyl (C=O) groups is 1. The van der Waals surface area contributed by atoms with Gasteiger partial charge in [0.15, 0.2) is 0 Å². The van der Waals surface area contributed by atoms with Crippen LogP contribution in [0.2, 0.25) is 0 Å². The van der Waals surface area contributed by atoms with Crippen LogP contribution in [-0.4, -0.2) is 37.0 Å². The quantitative estimate of drug-likeness (QED) is 0.839. The smallest absolute Gasteiger partial charge is 0.321 e. The molecule has 0 aromatic heterocycles. The maximum atomic E-state index is 10.5. The fraction of sp³-hybridized carbons (Fsp3) is 0.417. The Bertz CT molecular complexity index is 374. The molecule has 3 N–H and O–H groups in total. The Morgan fingerprint density at radius 3 is 2.26 bits per heavy atom. The van der Waals surface area contributed by atoms with Gasteiger partial charge in [0, 0.05) is 31.3 Å². The number of anilines is 1. The first-order valence-electron chi connectivity index (χ1n) is 5.33. The van der Waals surface area contributed by atoms with E-state index >= 15 is 0 Å². The number of aliphatic carboxylic acids is 1. The fourth-order valence-electron chi connectivity index (χ4n) is 1.27. The average molecular weight is 327 g/mol. The number of hydrogen-bond acceptors (Lipinski definition) is 4. The van der Waals surface area contributed by atoms with E-state index in [1.54, 1.807) is 0 Å². The molecule has 0 amide bonds. The van der Waals surface area contributed by atoms with E-state index in [9.17, 15) is 4.79 Å². The highest BCUT2D eigenvalue weighted by Gasteiger charge is 2.10. The Balaban J connectivity index is 0. The van der Waals surface area contributed by atoms with Crippen LogP contribution in [0.1, 0.15) is 5.56 Å². The molecule has 1 aromatic rings. The lowest BCUT2D eigenvalue weighted by Crippen LogP contribution is -2.32. The molecule has 4 nitrogen and oxygen atoms in total. The third-order valence-electron chi connectivity index (χ3n) is 2.34. The van der Waals surface area contributed by atoms with Crippen LogP contribution in [0.5, 0.6) is 0 Å².